The fourth-order valence-corrected chi connectivity index (χ4v) is 8.89. The van der Waals surface area contributed by atoms with Crippen LogP contribution in [0.4, 0.5) is 28.8 Å². The van der Waals surface area contributed by atoms with Crippen LogP contribution in [0.3, 0.4) is 0 Å². The fraction of sp³-hybridized carbons (Fsp3) is 0.405. The van der Waals surface area contributed by atoms with Gasteiger partial charge in [-0.15, -0.1) is 0 Å². The van der Waals surface area contributed by atoms with Gasteiger partial charge in [0.15, 0.2) is 11.5 Å². The Morgan fingerprint density at radius 2 is 1.61 bits per heavy atom. The number of carbonyl (C=O) groups is 2. The highest BCUT2D eigenvalue weighted by atomic mass is 16.2. The zero-order valence-corrected chi connectivity index (χ0v) is 31.4. The molecule has 4 aliphatic heterocycles. The molecule has 12 heteroatoms. The molecule has 0 radical (unpaired) electrons. The quantitative estimate of drug-likeness (QED) is 0.168. The van der Waals surface area contributed by atoms with Gasteiger partial charge in [0.2, 0.25) is 17.8 Å². The Morgan fingerprint density at radius 1 is 0.833 bits per heavy atom. The van der Waals surface area contributed by atoms with Crippen LogP contribution >= 0.6 is 0 Å². The average molecular weight is 725 g/mol. The molecule has 0 spiro atoms. The molecule has 2 aromatic heterocycles. The minimum absolute atomic E-state index is 0.151. The third kappa shape index (κ3) is 6.80. The van der Waals surface area contributed by atoms with E-state index in [1.165, 1.54) is 51.9 Å². The lowest BCUT2D eigenvalue weighted by Gasteiger charge is -2.37. The third-order valence-electron chi connectivity index (χ3n) is 11.9. The van der Waals surface area contributed by atoms with Crippen molar-refractivity contribution in [1.29, 1.82) is 0 Å². The molecule has 12 nitrogen and oxygen atoms in total. The Balaban J connectivity index is 0.778. The molecule has 2 amide bonds. The van der Waals surface area contributed by atoms with E-state index in [4.69, 9.17) is 10.1 Å². The molecule has 278 valence electrons. The highest BCUT2D eigenvalue weighted by Crippen LogP contribution is 2.34. The maximum atomic E-state index is 12.5. The minimum atomic E-state index is -0.218. The van der Waals surface area contributed by atoms with Crippen LogP contribution < -0.4 is 20.9 Å². The van der Waals surface area contributed by atoms with Crippen LogP contribution in [-0.2, 0) is 42.7 Å². The van der Waals surface area contributed by atoms with Gasteiger partial charge in [0, 0.05) is 82.5 Å². The Bertz CT molecular complexity index is 2240. The first-order valence-electron chi connectivity index (χ1n) is 19.3. The number of anilines is 5. The van der Waals surface area contributed by atoms with Crippen molar-refractivity contribution in [3.05, 3.63) is 94.2 Å². The van der Waals surface area contributed by atoms with Crippen LogP contribution in [0.1, 0.15) is 59.1 Å². The van der Waals surface area contributed by atoms with Crippen molar-refractivity contribution in [2.75, 3.05) is 41.7 Å². The van der Waals surface area contributed by atoms with E-state index in [0.717, 1.165) is 80.5 Å². The number of benzene rings is 3. The second kappa shape index (κ2) is 14.1. The molecule has 2 fully saturated rings. The molecular formula is C42H48N10O2. The number of hydrogen-bond donors (Lipinski definition) is 3. The molecule has 1 unspecified atom stereocenters. The van der Waals surface area contributed by atoms with E-state index in [2.05, 4.69) is 104 Å². The highest BCUT2D eigenvalue weighted by molar-refractivity contribution is 6.00. The number of para-hydroxylation sites is 1. The third-order valence-corrected chi connectivity index (χ3v) is 11.9. The summed E-state index contributed by atoms with van der Waals surface area (Å²) in [6.07, 6.45) is 6.28. The molecule has 3 aromatic carbocycles. The Labute approximate surface area is 315 Å². The summed E-state index contributed by atoms with van der Waals surface area (Å²) < 4.78 is 1.80. The fourth-order valence-electron chi connectivity index (χ4n) is 8.89. The first-order chi connectivity index (χ1) is 26.2. The highest BCUT2D eigenvalue weighted by Gasteiger charge is 2.35. The van der Waals surface area contributed by atoms with Crippen molar-refractivity contribution in [1.82, 2.24) is 34.9 Å². The molecule has 2 saturated heterocycles. The van der Waals surface area contributed by atoms with E-state index in [9.17, 15) is 9.59 Å². The number of rotatable bonds is 8. The van der Waals surface area contributed by atoms with E-state index in [1.54, 1.807) is 4.68 Å². The van der Waals surface area contributed by atoms with E-state index >= 15 is 0 Å². The molecule has 54 heavy (non-hydrogen) atoms. The first-order valence-corrected chi connectivity index (χ1v) is 19.3. The number of piperidine rings is 2. The lowest BCUT2D eigenvalue weighted by atomic mass is 9.93. The molecule has 0 bridgehead atoms. The normalized spacial score (nSPS) is 19.5. The average Bonchev–Trinajstić information content (AvgIpc) is 3.73. The summed E-state index contributed by atoms with van der Waals surface area (Å²) in [6, 6.07) is 19.5. The standard InChI is InChI=1S/C42H48N10O2/c1-26-5-4-6-27(2)38(26)46-39-35-21-43-42(47-40(35)49(3)48-39)44-33-9-7-30-23-50(16-15-29(30)19-33)22-28-13-17-51(18-14-28)34-10-8-31-24-52(25-32(31)20-34)36-11-12-37(53)45-41(36)54/h4-10,19-21,28,36H,11-18,22-25H2,1-3H3,(H,46,48)(H,43,44,47)(H,45,53,54). The maximum absolute atomic E-state index is 12.5. The van der Waals surface area contributed by atoms with Crippen molar-refractivity contribution < 1.29 is 9.59 Å². The number of fused-ring (bicyclic) bond motifs is 3. The lowest BCUT2D eigenvalue weighted by Crippen LogP contribution is -2.50. The topological polar surface area (TPSA) is 124 Å². The molecule has 4 aliphatic rings. The van der Waals surface area contributed by atoms with Gasteiger partial charge in [0.05, 0.1) is 11.4 Å². The van der Waals surface area contributed by atoms with Crippen molar-refractivity contribution in [2.45, 2.75) is 71.6 Å². The van der Waals surface area contributed by atoms with Crippen LogP contribution in [0.25, 0.3) is 11.0 Å². The summed E-state index contributed by atoms with van der Waals surface area (Å²) in [5.74, 6) is 1.69. The molecule has 3 N–H and O–H groups in total. The van der Waals surface area contributed by atoms with Crippen molar-refractivity contribution in [3.8, 4) is 0 Å². The van der Waals surface area contributed by atoms with Crippen LogP contribution in [0.15, 0.2) is 60.8 Å². The van der Waals surface area contributed by atoms with E-state index in [-0.39, 0.29) is 17.9 Å². The van der Waals surface area contributed by atoms with E-state index < -0.39 is 0 Å². The van der Waals surface area contributed by atoms with Gasteiger partial charge in [0.25, 0.3) is 0 Å². The molecule has 0 aliphatic carbocycles. The molecule has 0 saturated carbocycles. The Morgan fingerprint density at radius 3 is 2.43 bits per heavy atom. The summed E-state index contributed by atoms with van der Waals surface area (Å²) in [6.45, 7) is 11.0. The van der Waals surface area contributed by atoms with Gasteiger partial charge >= 0.3 is 0 Å². The van der Waals surface area contributed by atoms with Crippen molar-refractivity contribution >= 4 is 51.7 Å². The van der Waals surface area contributed by atoms with Gasteiger partial charge in [-0.2, -0.15) is 10.1 Å². The Kier molecular flexibility index (Phi) is 9.02. The number of amides is 2. The van der Waals surface area contributed by atoms with Gasteiger partial charge in [-0.1, -0.05) is 30.3 Å². The van der Waals surface area contributed by atoms with Crippen LogP contribution in [0.2, 0.25) is 0 Å². The van der Waals surface area contributed by atoms with Gasteiger partial charge in [0.1, 0.15) is 0 Å². The number of aryl methyl sites for hydroxylation is 3. The number of hydrogen-bond acceptors (Lipinski definition) is 10. The number of imide groups is 1. The monoisotopic (exact) mass is 724 g/mol. The van der Waals surface area contributed by atoms with Crippen LogP contribution in [0.5, 0.6) is 0 Å². The first kappa shape index (κ1) is 34.4. The van der Waals surface area contributed by atoms with E-state index in [0.29, 0.717) is 24.7 Å². The van der Waals surface area contributed by atoms with E-state index in [1.807, 2.05) is 13.2 Å². The van der Waals surface area contributed by atoms with Gasteiger partial charge in [-0.25, -0.2) is 9.67 Å². The van der Waals surface area contributed by atoms with Crippen LogP contribution in [0, 0.1) is 19.8 Å². The minimum Gasteiger partial charge on any atom is -0.372 e. The molecular weight excluding hydrogens is 677 g/mol. The predicted octanol–water partition coefficient (Wildman–Crippen LogP) is 5.86. The zero-order valence-electron chi connectivity index (χ0n) is 31.4. The second-order valence-electron chi connectivity index (χ2n) is 15.6. The summed E-state index contributed by atoms with van der Waals surface area (Å²) in [5.41, 5.74) is 11.8. The van der Waals surface area contributed by atoms with Crippen molar-refractivity contribution in [2.24, 2.45) is 13.0 Å². The number of nitrogens with one attached hydrogen (secondary N) is 3. The number of carbonyl (C=O) groups excluding carboxylic acids is 2. The lowest BCUT2D eigenvalue weighted by molar-refractivity contribution is -0.137. The molecule has 6 heterocycles. The summed E-state index contributed by atoms with van der Waals surface area (Å²) in [5, 5.41) is 15.1. The number of aromatic nitrogens is 4. The second-order valence-corrected chi connectivity index (χ2v) is 15.6. The predicted molar refractivity (Wildman–Crippen MR) is 211 cm³/mol. The molecule has 9 rings (SSSR count). The van der Waals surface area contributed by atoms with Crippen LogP contribution in [-0.4, -0.2) is 73.6 Å². The zero-order chi connectivity index (χ0) is 36.9. The summed E-state index contributed by atoms with van der Waals surface area (Å²) in [4.78, 5) is 41.0. The number of nitrogens with zero attached hydrogens (tertiary/aromatic N) is 7. The smallest absolute Gasteiger partial charge is 0.243 e. The molecule has 1 atom stereocenters. The molecule has 5 aromatic rings. The largest absolute Gasteiger partial charge is 0.372 e. The van der Waals surface area contributed by atoms with Gasteiger partial charge in [-0.3, -0.25) is 24.7 Å². The summed E-state index contributed by atoms with van der Waals surface area (Å²) in [7, 11) is 1.91. The summed E-state index contributed by atoms with van der Waals surface area (Å²) >= 11 is 0. The van der Waals surface area contributed by atoms with Gasteiger partial charge < -0.3 is 15.5 Å². The Hall–Kier alpha value is -5.33. The SMILES string of the molecule is Cc1cccc(C)c1Nc1nn(C)c2nc(Nc3ccc4c(c3)CCN(CC3CCN(c5ccc6c(c5)CN(C5CCC(=O)NC5=O)C6)CC3)C4)ncc12. The van der Waals surface area contributed by atoms with Crippen molar-refractivity contribution in [3.63, 3.8) is 0 Å². The maximum Gasteiger partial charge on any atom is 0.243 e. The van der Waals surface area contributed by atoms with Gasteiger partial charge in [-0.05, 0) is 103 Å².